The van der Waals surface area contributed by atoms with E-state index < -0.39 is 0 Å². The van der Waals surface area contributed by atoms with Crippen LogP contribution in [0, 0.1) is 0 Å². The fourth-order valence-electron chi connectivity index (χ4n) is 1.59. The molecule has 3 aromatic rings. The van der Waals surface area contributed by atoms with Gasteiger partial charge >= 0.3 is 0 Å². The Labute approximate surface area is 107 Å². The van der Waals surface area contributed by atoms with Gasteiger partial charge in [-0.3, -0.25) is 0 Å². The summed E-state index contributed by atoms with van der Waals surface area (Å²) in [6.07, 6.45) is 3.10. The summed E-state index contributed by atoms with van der Waals surface area (Å²) in [4.78, 5) is 12.4. The van der Waals surface area contributed by atoms with Crippen LogP contribution in [0.25, 0.3) is 16.9 Å². The first-order valence-electron chi connectivity index (χ1n) is 5.39. The Morgan fingerprint density at radius 1 is 1.26 bits per heavy atom. The monoisotopic (exact) mass is 255 g/mol. The molecule has 8 heteroatoms. The van der Waals surface area contributed by atoms with E-state index >= 15 is 0 Å². The Hall–Kier alpha value is -3.03. The fraction of sp³-hybridized carbons (Fsp3) is 0. The van der Waals surface area contributed by atoms with Crippen molar-refractivity contribution in [3.05, 3.63) is 42.6 Å². The van der Waals surface area contributed by atoms with E-state index in [-0.39, 0.29) is 11.7 Å². The molecule has 94 valence electrons. The highest BCUT2D eigenvalue weighted by Crippen LogP contribution is 2.11. The van der Waals surface area contributed by atoms with Crippen molar-refractivity contribution < 1.29 is 5.21 Å². The predicted molar refractivity (Wildman–Crippen MR) is 67.0 cm³/mol. The zero-order valence-electron chi connectivity index (χ0n) is 9.67. The van der Waals surface area contributed by atoms with Gasteiger partial charge in [-0.25, -0.2) is 15.0 Å². The van der Waals surface area contributed by atoms with Gasteiger partial charge in [0.05, 0.1) is 5.52 Å². The van der Waals surface area contributed by atoms with Crippen LogP contribution in [0.15, 0.2) is 41.9 Å². The van der Waals surface area contributed by atoms with Crippen LogP contribution < -0.4 is 5.73 Å². The van der Waals surface area contributed by atoms with Crippen LogP contribution in [-0.4, -0.2) is 35.8 Å². The van der Waals surface area contributed by atoms with Crippen molar-refractivity contribution >= 4 is 16.7 Å². The second-order valence-electron chi connectivity index (χ2n) is 3.73. The normalized spacial score (nSPS) is 11.9. The van der Waals surface area contributed by atoms with E-state index in [4.69, 9.17) is 10.9 Å². The molecule has 0 saturated heterocycles. The molecule has 0 amide bonds. The first kappa shape index (κ1) is 11.1. The molecule has 0 aliphatic heterocycles. The lowest BCUT2D eigenvalue weighted by molar-refractivity contribution is 0.318. The van der Waals surface area contributed by atoms with Gasteiger partial charge in [-0.05, 0) is 6.07 Å². The van der Waals surface area contributed by atoms with Crippen molar-refractivity contribution in [1.82, 2.24) is 24.7 Å². The molecule has 3 N–H and O–H groups in total. The number of aromatic nitrogens is 5. The zero-order valence-corrected chi connectivity index (χ0v) is 9.67. The molecule has 0 aliphatic carbocycles. The molecule has 19 heavy (non-hydrogen) atoms. The molecule has 2 aromatic heterocycles. The molecule has 0 bridgehead atoms. The summed E-state index contributed by atoms with van der Waals surface area (Å²) in [6, 6.07) is 7.60. The van der Waals surface area contributed by atoms with E-state index in [1.807, 2.05) is 24.3 Å². The van der Waals surface area contributed by atoms with Gasteiger partial charge in [0, 0.05) is 11.6 Å². The largest absolute Gasteiger partial charge is 0.409 e. The van der Waals surface area contributed by atoms with Crippen LogP contribution in [-0.2, 0) is 0 Å². The van der Waals surface area contributed by atoms with Crippen LogP contribution in [0.1, 0.15) is 5.82 Å². The van der Waals surface area contributed by atoms with Gasteiger partial charge in [-0.2, -0.15) is 4.68 Å². The molecular formula is C11H9N7O. The van der Waals surface area contributed by atoms with E-state index in [1.165, 1.54) is 11.0 Å². The maximum atomic E-state index is 8.55. The Bertz CT molecular complexity index is 764. The molecule has 0 atom stereocenters. The van der Waals surface area contributed by atoms with Gasteiger partial charge in [0.1, 0.15) is 6.33 Å². The van der Waals surface area contributed by atoms with E-state index in [0.717, 1.165) is 10.9 Å². The van der Waals surface area contributed by atoms with Gasteiger partial charge in [0.25, 0.3) is 5.95 Å². The van der Waals surface area contributed by atoms with Gasteiger partial charge in [-0.15, -0.1) is 5.10 Å². The number of fused-ring (bicyclic) bond motifs is 1. The van der Waals surface area contributed by atoms with E-state index in [9.17, 15) is 0 Å². The fourth-order valence-corrected chi connectivity index (χ4v) is 1.59. The van der Waals surface area contributed by atoms with Gasteiger partial charge in [-0.1, -0.05) is 23.4 Å². The summed E-state index contributed by atoms with van der Waals surface area (Å²) in [5.74, 6) is 0.307. The highest BCUT2D eigenvalue weighted by Gasteiger charge is 2.09. The van der Waals surface area contributed by atoms with Crippen molar-refractivity contribution in [1.29, 1.82) is 0 Å². The molecule has 0 aliphatic rings. The second-order valence-corrected chi connectivity index (χ2v) is 3.73. The van der Waals surface area contributed by atoms with Crippen molar-refractivity contribution in [2.45, 2.75) is 0 Å². The van der Waals surface area contributed by atoms with E-state index in [0.29, 0.717) is 5.95 Å². The summed E-state index contributed by atoms with van der Waals surface area (Å²) in [5.41, 5.74) is 6.20. The molecule has 0 saturated carbocycles. The van der Waals surface area contributed by atoms with Crippen LogP contribution in [0.5, 0.6) is 0 Å². The molecule has 0 radical (unpaired) electrons. The van der Waals surface area contributed by atoms with Crippen LogP contribution in [0.2, 0.25) is 0 Å². The minimum absolute atomic E-state index is 0.110. The van der Waals surface area contributed by atoms with Gasteiger partial charge < -0.3 is 10.9 Å². The lowest BCUT2D eigenvalue weighted by Crippen LogP contribution is -2.15. The molecule has 3 rings (SSSR count). The quantitative estimate of drug-likeness (QED) is 0.294. The number of nitrogens with zero attached hydrogens (tertiary/aromatic N) is 6. The number of benzene rings is 1. The zero-order chi connectivity index (χ0) is 13.2. The topological polar surface area (TPSA) is 115 Å². The lowest BCUT2D eigenvalue weighted by Gasteiger charge is -2.00. The van der Waals surface area contributed by atoms with Crippen LogP contribution >= 0.6 is 0 Å². The average molecular weight is 255 g/mol. The molecule has 0 spiro atoms. The number of rotatable bonds is 2. The van der Waals surface area contributed by atoms with E-state index in [1.54, 1.807) is 6.20 Å². The van der Waals surface area contributed by atoms with Crippen molar-refractivity contribution in [3.63, 3.8) is 0 Å². The minimum atomic E-state index is -0.167. The Morgan fingerprint density at radius 3 is 2.95 bits per heavy atom. The molecule has 0 fully saturated rings. The number of oxime groups is 1. The second kappa shape index (κ2) is 4.33. The number of amidine groups is 1. The van der Waals surface area contributed by atoms with Crippen molar-refractivity contribution in [2.24, 2.45) is 10.9 Å². The third-order valence-electron chi connectivity index (χ3n) is 2.51. The highest BCUT2D eigenvalue weighted by molar-refractivity contribution is 5.93. The molecule has 1 aromatic carbocycles. The summed E-state index contributed by atoms with van der Waals surface area (Å²) in [7, 11) is 0. The molecule has 8 nitrogen and oxygen atoms in total. The highest BCUT2D eigenvalue weighted by atomic mass is 16.4. The third-order valence-corrected chi connectivity index (χ3v) is 2.51. The van der Waals surface area contributed by atoms with Crippen LogP contribution in [0.4, 0.5) is 0 Å². The number of para-hydroxylation sites is 1. The third kappa shape index (κ3) is 1.95. The maximum Gasteiger partial charge on any atom is 0.252 e. The first-order chi connectivity index (χ1) is 9.28. The molecule has 0 unspecified atom stereocenters. The summed E-state index contributed by atoms with van der Waals surface area (Å²) >= 11 is 0. The predicted octanol–water partition coefficient (Wildman–Crippen LogP) is 0.305. The smallest absolute Gasteiger partial charge is 0.252 e. The Kier molecular flexibility index (Phi) is 2.53. The molecule has 2 heterocycles. The molecular weight excluding hydrogens is 246 g/mol. The standard InChI is InChI=1S/C11H9N7O/c12-9(17-19)10-14-6-18(16-10)11-13-5-7-3-1-2-4-8(7)15-11/h1-6,19H,(H2,12,17). The summed E-state index contributed by atoms with van der Waals surface area (Å²) in [6.45, 7) is 0. The van der Waals surface area contributed by atoms with E-state index in [2.05, 4.69) is 25.2 Å². The average Bonchev–Trinajstić information content (AvgIpc) is 2.95. The first-order valence-corrected chi connectivity index (χ1v) is 5.39. The SMILES string of the molecule is N/C(=N/O)c1ncn(-c2ncc3ccccc3n2)n1. The number of hydrogen-bond acceptors (Lipinski definition) is 6. The van der Waals surface area contributed by atoms with Crippen LogP contribution in [0.3, 0.4) is 0 Å². The number of nitrogens with two attached hydrogens (primary N) is 1. The van der Waals surface area contributed by atoms with Crippen molar-refractivity contribution in [3.8, 4) is 5.95 Å². The number of hydrogen-bond donors (Lipinski definition) is 2. The Morgan fingerprint density at radius 2 is 2.11 bits per heavy atom. The minimum Gasteiger partial charge on any atom is -0.409 e. The lowest BCUT2D eigenvalue weighted by atomic mass is 10.2. The Balaban J connectivity index is 2.06. The van der Waals surface area contributed by atoms with Crippen molar-refractivity contribution in [2.75, 3.05) is 0 Å². The van der Waals surface area contributed by atoms with Gasteiger partial charge in [0.15, 0.2) is 0 Å². The summed E-state index contributed by atoms with van der Waals surface area (Å²) < 4.78 is 1.36. The maximum absolute atomic E-state index is 8.55. The summed E-state index contributed by atoms with van der Waals surface area (Å²) in [5, 5.41) is 16.3. The van der Waals surface area contributed by atoms with Gasteiger partial charge in [0.2, 0.25) is 11.7 Å².